The van der Waals surface area contributed by atoms with Crippen LogP contribution in [0.4, 0.5) is 0 Å². The van der Waals surface area contributed by atoms with Gasteiger partial charge in [0.05, 0.1) is 14.2 Å². The summed E-state index contributed by atoms with van der Waals surface area (Å²) in [5.74, 6) is 1.75. The highest BCUT2D eigenvalue weighted by Crippen LogP contribution is 2.25. The maximum atomic E-state index is 6.77. The molecule has 3 aromatic rings. The molecule has 0 radical (unpaired) electrons. The summed E-state index contributed by atoms with van der Waals surface area (Å²) in [4.78, 5) is 0. The second-order valence-electron chi connectivity index (χ2n) is 5.52. The van der Waals surface area contributed by atoms with E-state index in [1.807, 2.05) is 48.7 Å². The predicted molar refractivity (Wildman–Crippen MR) is 96.5 cm³/mol. The van der Waals surface area contributed by atoms with Gasteiger partial charge in [-0.2, -0.15) is 5.53 Å². The van der Waals surface area contributed by atoms with Crippen LogP contribution in [0.15, 0.2) is 59.0 Å². The molecule has 0 aliphatic carbocycles. The van der Waals surface area contributed by atoms with Crippen molar-refractivity contribution in [2.24, 2.45) is 16.1 Å². The highest BCUT2D eigenvalue weighted by molar-refractivity contribution is 6.00. The maximum absolute atomic E-state index is 6.77. The Morgan fingerprint density at radius 2 is 1.80 bits per heavy atom. The summed E-state index contributed by atoms with van der Waals surface area (Å²) >= 11 is 0. The van der Waals surface area contributed by atoms with Crippen molar-refractivity contribution < 1.29 is 9.47 Å². The summed E-state index contributed by atoms with van der Waals surface area (Å²) < 4.78 is 12.8. The zero-order valence-corrected chi connectivity index (χ0v) is 14.1. The monoisotopic (exact) mass is 337 g/mol. The molecule has 0 unspecified atom stereocenters. The Labute approximate surface area is 145 Å². The van der Waals surface area contributed by atoms with Crippen LogP contribution in [0.25, 0.3) is 10.9 Å². The van der Waals surface area contributed by atoms with Gasteiger partial charge in [0.2, 0.25) is 0 Å². The minimum absolute atomic E-state index is 0.224. The number of nitrogens with two attached hydrogens (primary N) is 1. The molecular weight excluding hydrogens is 318 g/mol. The van der Waals surface area contributed by atoms with Crippen molar-refractivity contribution in [1.29, 1.82) is 5.53 Å². The number of nitrogens with zero attached hydrogens (tertiary/aromatic N) is 3. The Morgan fingerprint density at radius 3 is 2.44 bits per heavy atom. The molecule has 128 valence electrons. The smallest absolute Gasteiger partial charge is 0.155 e. The van der Waals surface area contributed by atoms with Gasteiger partial charge in [-0.1, -0.05) is 5.22 Å². The Morgan fingerprint density at radius 1 is 1.08 bits per heavy atom. The number of rotatable bonds is 6. The Balaban J connectivity index is 1.95. The summed E-state index contributed by atoms with van der Waals surface area (Å²) in [7, 11) is 3.28. The molecule has 25 heavy (non-hydrogen) atoms. The Hall–Kier alpha value is -3.35. The topological polar surface area (TPSA) is 98.0 Å². The zero-order chi connectivity index (χ0) is 17.8. The Bertz CT molecular complexity index is 924. The standard InChI is InChI=1S/C18H19N5O2/c1-24-15-7-12(8-16(10-15)25-2)11-23-6-5-13-9-14(3-4-17(13)23)18(19)21-22-20/h3-10H,11H2,1-2H3,(H3,19,20,21). The summed E-state index contributed by atoms with van der Waals surface area (Å²) in [5.41, 5.74) is 15.5. The van der Waals surface area contributed by atoms with Crippen LogP contribution in [0.3, 0.4) is 0 Å². The third-order valence-corrected chi connectivity index (χ3v) is 3.99. The number of nitrogens with one attached hydrogen (secondary N) is 1. The minimum atomic E-state index is 0.224. The third kappa shape index (κ3) is 3.45. The molecule has 0 bridgehead atoms. The van der Waals surface area contributed by atoms with Crippen molar-refractivity contribution in [2.45, 2.75) is 6.54 Å². The van der Waals surface area contributed by atoms with Crippen LogP contribution in [-0.4, -0.2) is 24.6 Å². The second-order valence-corrected chi connectivity index (χ2v) is 5.52. The Kier molecular flexibility index (Phi) is 4.65. The first-order valence-corrected chi connectivity index (χ1v) is 7.65. The first-order chi connectivity index (χ1) is 12.1. The molecule has 0 amide bonds. The van der Waals surface area contributed by atoms with Crippen LogP contribution >= 0.6 is 0 Å². The summed E-state index contributed by atoms with van der Waals surface area (Å²) in [5, 5.41) is 7.57. The molecule has 0 saturated carbocycles. The number of hydrogen-bond acceptors (Lipinski definition) is 4. The van der Waals surface area contributed by atoms with E-state index >= 15 is 0 Å². The van der Waals surface area contributed by atoms with Crippen LogP contribution in [0.5, 0.6) is 11.5 Å². The molecule has 7 heteroatoms. The second kappa shape index (κ2) is 7.04. The van der Waals surface area contributed by atoms with E-state index in [-0.39, 0.29) is 5.84 Å². The van der Waals surface area contributed by atoms with Crippen LogP contribution in [-0.2, 0) is 6.54 Å². The van der Waals surface area contributed by atoms with Gasteiger partial charge in [0.1, 0.15) is 11.5 Å². The van der Waals surface area contributed by atoms with E-state index in [9.17, 15) is 0 Å². The van der Waals surface area contributed by atoms with E-state index in [1.54, 1.807) is 14.2 Å². The van der Waals surface area contributed by atoms with E-state index in [4.69, 9.17) is 20.7 Å². The van der Waals surface area contributed by atoms with E-state index in [0.717, 1.165) is 33.5 Å². The van der Waals surface area contributed by atoms with Crippen LogP contribution in [0, 0.1) is 5.53 Å². The van der Waals surface area contributed by atoms with E-state index < -0.39 is 0 Å². The lowest BCUT2D eigenvalue weighted by atomic mass is 10.1. The molecule has 1 heterocycles. The lowest BCUT2D eigenvalue weighted by molar-refractivity contribution is 0.393. The maximum Gasteiger partial charge on any atom is 0.155 e. The van der Waals surface area contributed by atoms with E-state index in [1.165, 1.54) is 0 Å². The SMILES string of the molecule is COc1cc(Cn2ccc3cc(C(N)=NN=N)ccc32)cc(OC)c1. The number of amidine groups is 1. The van der Waals surface area contributed by atoms with Crippen LogP contribution in [0.2, 0.25) is 0 Å². The van der Waals surface area contributed by atoms with E-state index in [0.29, 0.717) is 6.54 Å². The first-order valence-electron chi connectivity index (χ1n) is 7.65. The van der Waals surface area contributed by atoms with E-state index in [2.05, 4.69) is 14.9 Å². The first kappa shape index (κ1) is 16.5. The molecule has 3 N–H and O–H groups in total. The van der Waals surface area contributed by atoms with Crippen molar-refractivity contribution in [1.82, 2.24) is 4.57 Å². The van der Waals surface area contributed by atoms with Crippen molar-refractivity contribution in [2.75, 3.05) is 14.2 Å². The lowest BCUT2D eigenvalue weighted by Gasteiger charge is -2.10. The van der Waals surface area contributed by atoms with Crippen molar-refractivity contribution in [3.63, 3.8) is 0 Å². The van der Waals surface area contributed by atoms with Crippen molar-refractivity contribution in [3.8, 4) is 11.5 Å². The largest absolute Gasteiger partial charge is 0.497 e. The number of hydrogen-bond donors (Lipinski definition) is 2. The minimum Gasteiger partial charge on any atom is -0.497 e. The van der Waals surface area contributed by atoms with Gasteiger partial charge in [0.15, 0.2) is 5.84 Å². The van der Waals surface area contributed by atoms with Gasteiger partial charge in [0, 0.05) is 35.3 Å². The molecular formula is C18H19N5O2. The normalized spacial score (nSPS) is 11.5. The fourth-order valence-corrected chi connectivity index (χ4v) is 2.76. The van der Waals surface area contributed by atoms with Gasteiger partial charge in [-0.15, -0.1) is 5.10 Å². The van der Waals surface area contributed by atoms with Gasteiger partial charge < -0.3 is 19.8 Å². The van der Waals surface area contributed by atoms with Gasteiger partial charge in [0.25, 0.3) is 0 Å². The molecule has 7 nitrogen and oxygen atoms in total. The number of aromatic nitrogens is 1. The quantitative estimate of drug-likeness (QED) is 0.312. The fourth-order valence-electron chi connectivity index (χ4n) is 2.76. The molecule has 0 atom stereocenters. The molecule has 0 saturated heterocycles. The highest BCUT2D eigenvalue weighted by Gasteiger charge is 2.07. The molecule has 3 rings (SSSR count). The average Bonchev–Trinajstić information content (AvgIpc) is 3.03. The lowest BCUT2D eigenvalue weighted by Crippen LogP contribution is -2.12. The number of benzene rings is 2. The van der Waals surface area contributed by atoms with Gasteiger partial charge >= 0.3 is 0 Å². The molecule has 0 fully saturated rings. The number of fused-ring (bicyclic) bond motifs is 1. The zero-order valence-electron chi connectivity index (χ0n) is 14.1. The van der Waals surface area contributed by atoms with Crippen LogP contribution < -0.4 is 15.2 Å². The summed E-state index contributed by atoms with van der Waals surface area (Å²) in [6, 6.07) is 13.6. The fraction of sp³-hybridized carbons (Fsp3) is 0.167. The van der Waals surface area contributed by atoms with Crippen molar-refractivity contribution >= 4 is 16.7 Å². The third-order valence-electron chi connectivity index (χ3n) is 3.99. The number of methoxy groups -OCH3 is 2. The molecule has 2 aromatic carbocycles. The number of ether oxygens (including phenoxy) is 2. The molecule has 1 aromatic heterocycles. The van der Waals surface area contributed by atoms with Crippen molar-refractivity contribution in [3.05, 3.63) is 59.8 Å². The summed E-state index contributed by atoms with van der Waals surface area (Å²) in [6.45, 7) is 0.683. The summed E-state index contributed by atoms with van der Waals surface area (Å²) in [6.07, 6.45) is 2.02. The van der Waals surface area contributed by atoms with Crippen LogP contribution in [0.1, 0.15) is 11.1 Å². The average molecular weight is 337 g/mol. The molecule has 0 spiro atoms. The predicted octanol–water partition coefficient (Wildman–Crippen LogP) is 3.36. The highest BCUT2D eigenvalue weighted by atomic mass is 16.5. The van der Waals surface area contributed by atoms with Gasteiger partial charge in [-0.05, 0) is 42.0 Å². The van der Waals surface area contributed by atoms with Gasteiger partial charge in [-0.3, -0.25) is 0 Å². The molecule has 0 aliphatic rings. The molecule has 0 aliphatic heterocycles. The van der Waals surface area contributed by atoms with Gasteiger partial charge in [-0.25, -0.2) is 0 Å².